The van der Waals surface area contributed by atoms with E-state index in [1.54, 1.807) is 7.11 Å². The number of piperidine rings is 1. The molecule has 2 rings (SSSR count). The molecule has 0 amide bonds. The molecule has 114 valence electrons. The van der Waals surface area contributed by atoms with E-state index in [-0.39, 0.29) is 16.8 Å². The summed E-state index contributed by atoms with van der Waals surface area (Å²) >= 11 is 0. The molecule has 0 aromatic rings. The number of esters is 1. The number of aldehydes is 1. The van der Waals surface area contributed by atoms with E-state index in [4.69, 9.17) is 9.47 Å². The summed E-state index contributed by atoms with van der Waals surface area (Å²) in [6.45, 7) is 2.95. The van der Waals surface area contributed by atoms with Gasteiger partial charge in [-0.3, -0.25) is 4.79 Å². The van der Waals surface area contributed by atoms with Crippen molar-refractivity contribution in [2.45, 2.75) is 32.1 Å². The molecule has 1 aliphatic heterocycles. The van der Waals surface area contributed by atoms with Crippen molar-refractivity contribution < 1.29 is 19.1 Å². The SMILES string of the molecule is COCC1(C=O)CCN(CC2(C(=O)OC)CCC2)CC1. The largest absolute Gasteiger partial charge is 0.469 e. The Morgan fingerprint density at radius 3 is 2.25 bits per heavy atom. The molecule has 20 heavy (non-hydrogen) atoms. The number of carbonyl (C=O) groups is 2. The third-order valence-electron chi connectivity index (χ3n) is 4.99. The average Bonchev–Trinajstić information content (AvgIpc) is 2.44. The Balaban J connectivity index is 1.91. The van der Waals surface area contributed by atoms with Gasteiger partial charge in [0.15, 0.2) is 0 Å². The molecule has 0 N–H and O–H groups in total. The summed E-state index contributed by atoms with van der Waals surface area (Å²) in [4.78, 5) is 25.6. The lowest BCUT2D eigenvalue weighted by Gasteiger charge is -2.45. The van der Waals surface area contributed by atoms with Gasteiger partial charge < -0.3 is 19.2 Å². The molecule has 1 saturated carbocycles. The van der Waals surface area contributed by atoms with E-state index < -0.39 is 0 Å². The van der Waals surface area contributed by atoms with Crippen LogP contribution < -0.4 is 0 Å². The van der Waals surface area contributed by atoms with Crippen LogP contribution in [0.5, 0.6) is 0 Å². The number of hydrogen-bond acceptors (Lipinski definition) is 5. The zero-order valence-corrected chi connectivity index (χ0v) is 12.5. The minimum absolute atomic E-state index is 0.0761. The fourth-order valence-corrected chi connectivity index (χ4v) is 3.42. The maximum absolute atomic E-state index is 12.0. The molecule has 0 atom stereocenters. The third-order valence-corrected chi connectivity index (χ3v) is 4.99. The van der Waals surface area contributed by atoms with Crippen LogP contribution in [-0.4, -0.2) is 57.6 Å². The van der Waals surface area contributed by atoms with Gasteiger partial charge in [0, 0.05) is 13.7 Å². The van der Waals surface area contributed by atoms with Crippen molar-refractivity contribution >= 4 is 12.3 Å². The van der Waals surface area contributed by atoms with Gasteiger partial charge >= 0.3 is 5.97 Å². The second-order valence-corrected chi connectivity index (χ2v) is 6.31. The lowest BCUT2D eigenvalue weighted by Crippen LogP contribution is -2.52. The molecule has 0 spiro atoms. The number of carbonyl (C=O) groups excluding carboxylic acids is 2. The van der Waals surface area contributed by atoms with Crippen LogP contribution in [0.4, 0.5) is 0 Å². The molecule has 1 saturated heterocycles. The predicted octanol–water partition coefficient (Wildman–Crippen LogP) is 1.26. The van der Waals surface area contributed by atoms with E-state index in [9.17, 15) is 9.59 Å². The van der Waals surface area contributed by atoms with Gasteiger partial charge in [-0.15, -0.1) is 0 Å². The molecular formula is C15H25NO4. The molecule has 0 radical (unpaired) electrons. The zero-order valence-electron chi connectivity index (χ0n) is 12.5. The quantitative estimate of drug-likeness (QED) is 0.542. The lowest BCUT2D eigenvalue weighted by molar-refractivity contribution is -0.161. The maximum Gasteiger partial charge on any atom is 0.313 e. The Morgan fingerprint density at radius 1 is 1.20 bits per heavy atom. The molecule has 1 heterocycles. The van der Waals surface area contributed by atoms with Crippen LogP contribution in [0.3, 0.4) is 0 Å². The fraction of sp³-hybridized carbons (Fsp3) is 0.867. The summed E-state index contributed by atoms with van der Waals surface area (Å²) in [6.07, 6.45) is 5.61. The van der Waals surface area contributed by atoms with E-state index in [1.165, 1.54) is 7.11 Å². The number of likely N-dealkylation sites (tertiary alicyclic amines) is 1. The topological polar surface area (TPSA) is 55.8 Å². The number of ether oxygens (including phenoxy) is 2. The van der Waals surface area contributed by atoms with Crippen LogP contribution in [-0.2, 0) is 19.1 Å². The smallest absolute Gasteiger partial charge is 0.313 e. The predicted molar refractivity (Wildman–Crippen MR) is 74.3 cm³/mol. The van der Waals surface area contributed by atoms with Crippen LogP contribution in [0.1, 0.15) is 32.1 Å². The maximum atomic E-state index is 12.0. The van der Waals surface area contributed by atoms with Crippen molar-refractivity contribution in [1.82, 2.24) is 4.90 Å². The van der Waals surface area contributed by atoms with Crippen LogP contribution in [0.25, 0.3) is 0 Å². The van der Waals surface area contributed by atoms with Crippen molar-refractivity contribution in [3.8, 4) is 0 Å². The molecule has 1 aliphatic carbocycles. The van der Waals surface area contributed by atoms with Crippen molar-refractivity contribution in [3.63, 3.8) is 0 Å². The summed E-state index contributed by atoms with van der Waals surface area (Å²) in [5.74, 6) is -0.0761. The molecule has 5 nitrogen and oxygen atoms in total. The van der Waals surface area contributed by atoms with Gasteiger partial charge in [-0.25, -0.2) is 0 Å². The van der Waals surface area contributed by atoms with Crippen molar-refractivity contribution in [2.24, 2.45) is 10.8 Å². The average molecular weight is 283 g/mol. The molecule has 0 aromatic carbocycles. The molecular weight excluding hydrogens is 258 g/mol. The van der Waals surface area contributed by atoms with Gasteiger partial charge in [0.2, 0.25) is 0 Å². The summed E-state index contributed by atoms with van der Waals surface area (Å²) in [5, 5.41) is 0. The highest BCUT2D eigenvalue weighted by Crippen LogP contribution is 2.43. The fourth-order valence-electron chi connectivity index (χ4n) is 3.42. The molecule has 0 aromatic heterocycles. The monoisotopic (exact) mass is 283 g/mol. The molecule has 2 aliphatic rings. The van der Waals surface area contributed by atoms with E-state index in [0.717, 1.165) is 58.0 Å². The van der Waals surface area contributed by atoms with Gasteiger partial charge in [0.1, 0.15) is 6.29 Å². The van der Waals surface area contributed by atoms with E-state index in [0.29, 0.717) is 6.61 Å². The van der Waals surface area contributed by atoms with Crippen molar-refractivity contribution in [2.75, 3.05) is 40.5 Å². The molecule has 0 bridgehead atoms. The van der Waals surface area contributed by atoms with E-state index >= 15 is 0 Å². The number of nitrogens with zero attached hydrogens (tertiary/aromatic N) is 1. The number of rotatable bonds is 6. The van der Waals surface area contributed by atoms with Crippen molar-refractivity contribution in [3.05, 3.63) is 0 Å². The van der Waals surface area contributed by atoms with Gasteiger partial charge in [-0.1, -0.05) is 6.42 Å². The van der Waals surface area contributed by atoms with Gasteiger partial charge in [0.05, 0.1) is 24.5 Å². The molecule has 5 heteroatoms. The highest BCUT2D eigenvalue weighted by molar-refractivity contribution is 5.78. The van der Waals surface area contributed by atoms with E-state index in [1.807, 2.05) is 0 Å². The Morgan fingerprint density at radius 2 is 1.85 bits per heavy atom. The Kier molecular flexibility index (Phi) is 4.81. The summed E-state index contributed by atoms with van der Waals surface area (Å²) in [6, 6.07) is 0. The number of methoxy groups -OCH3 is 2. The normalized spacial score (nSPS) is 24.7. The van der Waals surface area contributed by atoms with Gasteiger partial charge in [-0.05, 0) is 38.8 Å². The van der Waals surface area contributed by atoms with Gasteiger partial charge in [-0.2, -0.15) is 0 Å². The van der Waals surface area contributed by atoms with Crippen LogP contribution in [0.2, 0.25) is 0 Å². The first kappa shape index (κ1) is 15.4. The second-order valence-electron chi connectivity index (χ2n) is 6.31. The Labute approximate surface area is 120 Å². The highest BCUT2D eigenvalue weighted by atomic mass is 16.5. The minimum atomic E-state index is -0.330. The first-order valence-electron chi connectivity index (χ1n) is 7.36. The van der Waals surface area contributed by atoms with Crippen LogP contribution in [0.15, 0.2) is 0 Å². The summed E-state index contributed by atoms with van der Waals surface area (Å²) in [5.41, 5.74) is -0.625. The van der Waals surface area contributed by atoms with E-state index in [2.05, 4.69) is 4.90 Å². The Hall–Kier alpha value is -0.940. The minimum Gasteiger partial charge on any atom is -0.469 e. The molecule has 2 fully saturated rings. The second kappa shape index (κ2) is 6.22. The summed E-state index contributed by atoms with van der Waals surface area (Å²) < 4.78 is 10.1. The van der Waals surface area contributed by atoms with Gasteiger partial charge in [0.25, 0.3) is 0 Å². The lowest BCUT2D eigenvalue weighted by atomic mass is 9.68. The highest BCUT2D eigenvalue weighted by Gasteiger charge is 2.47. The standard InChI is InChI=1S/C15H25NO4/c1-19-12-14(11-17)6-8-16(9-7-14)10-15(4-3-5-15)13(18)20-2/h11H,3-10,12H2,1-2H3. The first-order chi connectivity index (χ1) is 9.60. The van der Waals surface area contributed by atoms with Crippen LogP contribution in [0, 0.1) is 10.8 Å². The first-order valence-corrected chi connectivity index (χ1v) is 7.36. The zero-order chi connectivity index (χ0) is 14.6. The number of hydrogen-bond donors (Lipinski definition) is 0. The molecule has 0 unspecified atom stereocenters. The summed E-state index contributed by atoms with van der Waals surface area (Å²) in [7, 11) is 3.10. The third kappa shape index (κ3) is 2.88. The Bertz CT molecular complexity index is 357. The van der Waals surface area contributed by atoms with Crippen molar-refractivity contribution in [1.29, 1.82) is 0 Å². The van der Waals surface area contributed by atoms with Crippen LogP contribution >= 0.6 is 0 Å².